The second-order valence-corrected chi connectivity index (χ2v) is 10.7. The lowest BCUT2D eigenvalue weighted by Gasteiger charge is -2.31. The Hall–Kier alpha value is -0.850. The van der Waals surface area contributed by atoms with E-state index in [0.29, 0.717) is 36.7 Å². The lowest BCUT2D eigenvalue weighted by Crippen LogP contribution is -2.32. The van der Waals surface area contributed by atoms with Crippen LogP contribution in [0.5, 0.6) is 0 Å². The van der Waals surface area contributed by atoms with Gasteiger partial charge in [-0.05, 0) is 63.2 Å². The molecule has 0 N–H and O–H groups in total. The van der Waals surface area contributed by atoms with Crippen LogP contribution in [0.1, 0.15) is 97.3 Å². The molecule has 0 aromatic heterocycles. The van der Waals surface area contributed by atoms with Gasteiger partial charge < -0.3 is 14.2 Å². The molecule has 3 atom stereocenters. The lowest BCUT2D eigenvalue weighted by molar-refractivity contribution is -0.170. The van der Waals surface area contributed by atoms with E-state index >= 15 is 0 Å². The third kappa shape index (κ3) is 9.56. The summed E-state index contributed by atoms with van der Waals surface area (Å²) >= 11 is 1.54. The number of hydrogen-bond acceptors (Lipinski definition) is 6. The number of hydrogen-bond donors (Lipinski definition) is 0. The van der Waals surface area contributed by atoms with E-state index in [2.05, 4.69) is 23.8 Å². The van der Waals surface area contributed by atoms with Crippen LogP contribution in [0.3, 0.4) is 0 Å². The van der Waals surface area contributed by atoms with Gasteiger partial charge in [0.05, 0.1) is 20.3 Å². The third-order valence-corrected chi connectivity index (χ3v) is 8.11. The molecule has 5 nitrogen and oxygen atoms in total. The molecule has 0 aromatic rings. The van der Waals surface area contributed by atoms with Crippen molar-refractivity contribution in [3.05, 3.63) is 12.2 Å². The number of rotatable bonds is 15. The average Bonchev–Trinajstić information content (AvgIpc) is 3.38. The highest BCUT2D eigenvalue weighted by Gasteiger charge is 2.41. The van der Waals surface area contributed by atoms with Crippen LogP contribution < -0.4 is 0 Å². The van der Waals surface area contributed by atoms with Crippen LogP contribution in [0.25, 0.3) is 0 Å². The fraction of sp³-hybridized carbons (Fsp3) is 0.846. The van der Waals surface area contributed by atoms with Crippen molar-refractivity contribution in [1.82, 2.24) is 0 Å². The molecule has 0 bridgehead atoms. The average molecular weight is 469 g/mol. The molecule has 1 saturated heterocycles. The summed E-state index contributed by atoms with van der Waals surface area (Å²) in [5, 5.41) is 0.646. The number of carbonyl (C=O) groups is 2. The number of ether oxygens (including phenoxy) is 3. The fourth-order valence-corrected chi connectivity index (χ4v) is 6.36. The first-order chi connectivity index (χ1) is 15.5. The Balaban J connectivity index is 1.85. The van der Waals surface area contributed by atoms with Gasteiger partial charge in [0.15, 0.2) is 10.9 Å². The molecular formula is C26H44O5S. The molecule has 1 saturated carbocycles. The van der Waals surface area contributed by atoms with Crippen molar-refractivity contribution >= 4 is 22.8 Å². The van der Waals surface area contributed by atoms with Crippen LogP contribution in [0.2, 0.25) is 0 Å². The maximum Gasteiger partial charge on any atom is 0.305 e. The molecule has 1 aliphatic carbocycles. The van der Waals surface area contributed by atoms with E-state index in [9.17, 15) is 9.59 Å². The van der Waals surface area contributed by atoms with Crippen molar-refractivity contribution in [3.8, 4) is 0 Å². The summed E-state index contributed by atoms with van der Waals surface area (Å²) in [6.07, 6.45) is 17.9. The second-order valence-electron chi connectivity index (χ2n) is 9.28. The van der Waals surface area contributed by atoms with Gasteiger partial charge in [-0.2, -0.15) is 0 Å². The Morgan fingerprint density at radius 1 is 1.06 bits per heavy atom. The Labute approximate surface area is 199 Å². The zero-order chi connectivity index (χ0) is 23.2. The number of esters is 1. The number of thioether (sulfide) groups is 1. The van der Waals surface area contributed by atoms with E-state index < -0.39 is 5.79 Å². The van der Waals surface area contributed by atoms with E-state index in [4.69, 9.17) is 9.47 Å². The molecule has 0 spiro atoms. The third-order valence-electron chi connectivity index (χ3n) is 6.89. The van der Waals surface area contributed by atoms with Gasteiger partial charge in [0.25, 0.3) is 0 Å². The van der Waals surface area contributed by atoms with E-state index in [1.165, 1.54) is 26.4 Å². The van der Waals surface area contributed by atoms with Gasteiger partial charge >= 0.3 is 5.97 Å². The zero-order valence-electron chi connectivity index (χ0n) is 20.4. The first-order valence-electron chi connectivity index (χ1n) is 12.7. The standard InChI is InChI=1S/C26H44O5S/c1-4-5-11-17-26(30-19-20-31-26)18-16-23-22(14-15-24(23)32-21(2)27)12-9-7-6-8-10-13-25(28)29-3/h7,9,22-24H,4-6,8,10-20H2,1-3H3/b9-7-/t22?,23-,24-/m1/s1. The van der Waals surface area contributed by atoms with Crippen molar-refractivity contribution in [2.75, 3.05) is 20.3 Å². The predicted molar refractivity (Wildman–Crippen MR) is 131 cm³/mol. The summed E-state index contributed by atoms with van der Waals surface area (Å²) in [7, 11) is 1.44. The Bertz CT molecular complexity index is 585. The molecule has 1 unspecified atom stereocenters. The minimum absolute atomic E-state index is 0.125. The van der Waals surface area contributed by atoms with Crippen LogP contribution >= 0.6 is 11.8 Å². The van der Waals surface area contributed by atoms with Gasteiger partial charge in [-0.1, -0.05) is 43.7 Å². The van der Waals surface area contributed by atoms with Crippen LogP contribution in [0, 0.1) is 11.8 Å². The summed E-state index contributed by atoms with van der Waals surface area (Å²) in [5.41, 5.74) is 0. The molecule has 0 amide bonds. The van der Waals surface area contributed by atoms with Crippen LogP contribution in [-0.4, -0.2) is 42.4 Å². The van der Waals surface area contributed by atoms with Gasteiger partial charge in [0.2, 0.25) is 0 Å². The summed E-state index contributed by atoms with van der Waals surface area (Å²) in [6.45, 7) is 5.32. The highest BCUT2D eigenvalue weighted by atomic mass is 32.2. The summed E-state index contributed by atoms with van der Waals surface area (Å²) in [6, 6.07) is 0. The molecule has 0 radical (unpaired) electrons. The quantitative estimate of drug-likeness (QED) is 0.156. The van der Waals surface area contributed by atoms with Crippen LogP contribution in [0.4, 0.5) is 0 Å². The predicted octanol–water partition coefficient (Wildman–Crippen LogP) is 6.44. The molecular weight excluding hydrogens is 424 g/mol. The molecule has 1 heterocycles. The largest absolute Gasteiger partial charge is 0.469 e. The minimum atomic E-state index is -0.400. The van der Waals surface area contributed by atoms with Crippen LogP contribution in [0.15, 0.2) is 12.2 Å². The number of methoxy groups -OCH3 is 1. The Kier molecular flexibility index (Phi) is 13.0. The van der Waals surface area contributed by atoms with Crippen molar-refractivity contribution in [1.29, 1.82) is 0 Å². The normalized spacial score (nSPS) is 24.9. The zero-order valence-corrected chi connectivity index (χ0v) is 21.3. The smallest absolute Gasteiger partial charge is 0.305 e. The van der Waals surface area contributed by atoms with Gasteiger partial charge in [-0.15, -0.1) is 0 Å². The molecule has 1 aliphatic heterocycles. The summed E-state index contributed by atoms with van der Waals surface area (Å²) in [4.78, 5) is 23.0. The van der Waals surface area contributed by atoms with Crippen molar-refractivity contribution in [2.45, 2.75) is 108 Å². The number of unbranched alkanes of at least 4 members (excludes halogenated alkanes) is 4. The molecule has 6 heteroatoms. The maximum atomic E-state index is 11.8. The van der Waals surface area contributed by atoms with E-state index in [-0.39, 0.29) is 11.1 Å². The van der Waals surface area contributed by atoms with Crippen molar-refractivity contribution in [3.63, 3.8) is 0 Å². The number of allylic oxidation sites excluding steroid dienone is 2. The highest BCUT2D eigenvalue weighted by Crippen LogP contribution is 2.46. The lowest BCUT2D eigenvalue weighted by atomic mass is 9.86. The van der Waals surface area contributed by atoms with Crippen LogP contribution in [-0.2, 0) is 23.8 Å². The molecule has 32 heavy (non-hydrogen) atoms. The van der Waals surface area contributed by atoms with Gasteiger partial charge in [0, 0.05) is 31.4 Å². The Morgan fingerprint density at radius 2 is 1.84 bits per heavy atom. The summed E-state index contributed by atoms with van der Waals surface area (Å²) < 4.78 is 16.9. The monoisotopic (exact) mass is 468 g/mol. The first kappa shape index (κ1) is 27.4. The second kappa shape index (κ2) is 15.1. The Morgan fingerprint density at radius 3 is 2.53 bits per heavy atom. The minimum Gasteiger partial charge on any atom is -0.469 e. The summed E-state index contributed by atoms with van der Waals surface area (Å²) in [5.74, 6) is 0.624. The fourth-order valence-electron chi connectivity index (χ4n) is 5.15. The maximum absolute atomic E-state index is 11.8. The van der Waals surface area contributed by atoms with Gasteiger partial charge in [0.1, 0.15) is 0 Å². The molecule has 2 rings (SSSR count). The number of carbonyl (C=O) groups excluding carboxylic acids is 2. The van der Waals surface area contributed by atoms with Gasteiger partial charge in [-0.3, -0.25) is 9.59 Å². The van der Waals surface area contributed by atoms with E-state index in [1.54, 1.807) is 18.7 Å². The topological polar surface area (TPSA) is 61.8 Å². The van der Waals surface area contributed by atoms with E-state index in [0.717, 1.165) is 57.8 Å². The van der Waals surface area contributed by atoms with E-state index in [1.807, 2.05) is 0 Å². The first-order valence-corrected chi connectivity index (χ1v) is 13.5. The molecule has 0 aromatic carbocycles. The molecule has 2 fully saturated rings. The SMILES string of the molecule is CCCCCC1(CC[C@@H]2C(C/C=C\CCCCC(=O)OC)CC[C@H]2SC(C)=O)OCCO1. The molecule has 184 valence electrons. The van der Waals surface area contributed by atoms with Crippen molar-refractivity contribution in [2.24, 2.45) is 11.8 Å². The van der Waals surface area contributed by atoms with Crippen molar-refractivity contribution < 1.29 is 23.8 Å². The molecule has 2 aliphatic rings. The van der Waals surface area contributed by atoms with Gasteiger partial charge in [-0.25, -0.2) is 0 Å². The highest BCUT2D eigenvalue weighted by molar-refractivity contribution is 8.14.